The van der Waals surface area contributed by atoms with Crippen molar-refractivity contribution in [3.8, 4) is 23.7 Å². The van der Waals surface area contributed by atoms with Crippen LogP contribution in [-0.4, -0.2) is 11.1 Å². The Morgan fingerprint density at radius 3 is 2.62 bits per heavy atom. The van der Waals surface area contributed by atoms with Gasteiger partial charge in [0.2, 0.25) is 0 Å². The van der Waals surface area contributed by atoms with Crippen molar-refractivity contribution in [3.05, 3.63) is 99.2 Å². The molecule has 4 rings (SSSR count). The van der Waals surface area contributed by atoms with Crippen LogP contribution in [0.2, 0.25) is 0 Å². The first-order chi connectivity index (χ1) is 15.4. The third-order valence-corrected chi connectivity index (χ3v) is 5.31. The standard InChI is InChI=1S/C27H21NO4/c1-4-18-8-7-9-19(14-18)25-15-24(29)22-13-16(2)12-21(26(22)32-25)17(3)28-23-11-6-5-10-20(23)27(30)31/h1,5-15,17,28H,2-3H3,(H,30,31). The Hall–Kier alpha value is -4.30. The first-order valence-electron chi connectivity index (χ1n) is 10.1. The maximum absolute atomic E-state index is 13.0. The van der Waals surface area contributed by atoms with Crippen molar-refractivity contribution in [2.45, 2.75) is 19.9 Å². The number of anilines is 1. The number of nitrogens with one attached hydrogen (secondary N) is 1. The highest BCUT2D eigenvalue weighted by Gasteiger charge is 2.18. The highest BCUT2D eigenvalue weighted by molar-refractivity contribution is 5.94. The Labute approximate surface area is 185 Å². The van der Waals surface area contributed by atoms with Crippen LogP contribution in [0.5, 0.6) is 0 Å². The first-order valence-corrected chi connectivity index (χ1v) is 10.1. The van der Waals surface area contributed by atoms with Crippen LogP contribution in [0, 0.1) is 19.3 Å². The van der Waals surface area contributed by atoms with Crippen molar-refractivity contribution in [1.29, 1.82) is 0 Å². The Morgan fingerprint density at radius 2 is 1.88 bits per heavy atom. The molecule has 0 aliphatic carbocycles. The number of aryl methyl sites for hydroxylation is 1. The highest BCUT2D eigenvalue weighted by atomic mass is 16.4. The number of para-hydroxylation sites is 1. The van der Waals surface area contributed by atoms with Gasteiger partial charge in [-0.15, -0.1) is 6.42 Å². The second-order valence-electron chi connectivity index (χ2n) is 7.65. The number of terminal acetylenes is 1. The zero-order chi connectivity index (χ0) is 22.8. The molecule has 5 nitrogen and oxygen atoms in total. The molecule has 0 fully saturated rings. The van der Waals surface area contributed by atoms with Crippen LogP contribution in [0.25, 0.3) is 22.3 Å². The largest absolute Gasteiger partial charge is 0.478 e. The van der Waals surface area contributed by atoms with Gasteiger partial charge in [-0.1, -0.05) is 36.3 Å². The van der Waals surface area contributed by atoms with E-state index in [9.17, 15) is 14.7 Å². The van der Waals surface area contributed by atoms with E-state index in [0.29, 0.717) is 33.5 Å². The van der Waals surface area contributed by atoms with Crippen molar-refractivity contribution in [1.82, 2.24) is 0 Å². The molecule has 1 heterocycles. The molecule has 32 heavy (non-hydrogen) atoms. The maximum atomic E-state index is 13.0. The van der Waals surface area contributed by atoms with E-state index in [0.717, 1.165) is 11.1 Å². The van der Waals surface area contributed by atoms with Gasteiger partial charge >= 0.3 is 5.97 Å². The maximum Gasteiger partial charge on any atom is 0.337 e. The second-order valence-corrected chi connectivity index (χ2v) is 7.65. The van der Waals surface area contributed by atoms with Gasteiger partial charge in [0.1, 0.15) is 11.3 Å². The number of hydrogen-bond acceptors (Lipinski definition) is 4. The lowest BCUT2D eigenvalue weighted by molar-refractivity contribution is 0.0698. The van der Waals surface area contributed by atoms with Crippen LogP contribution < -0.4 is 10.7 Å². The van der Waals surface area contributed by atoms with Crippen LogP contribution in [-0.2, 0) is 0 Å². The minimum atomic E-state index is -1.02. The number of fused-ring (bicyclic) bond motifs is 1. The molecule has 1 unspecified atom stereocenters. The molecule has 0 saturated carbocycles. The quantitative estimate of drug-likeness (QED) is 0.407. The lowest BCUT2D eigenvalue weighted by Crippen LogP contribution is -2.12. The SMILES string of the molecule is C#Cc1cccc(-c2cc(=O)c3cc(C)cc(C(C)Nc4ccccc4C(=O)O)c3o2)c1. The van der Waals surface area contributed by atoms with Crippen LogP contribution in [0.4, 0.5) is 5.69 Å². The summed E-state index contributed by atoms with van der Waals surface area (Å²) in [7, 11) is 0. The smallest absolute Gasteiger partial charge is 0.337 e. The fourth-order valence-electron chi connectivity index (χ4n) is 3.77. The van der Waals surface area contributed by atoms with E-state index >= 15 is 0 Å². The van der Waals surface area contributed by atoms with Crippen molar-refractivity contribution in [2.75, 3.05) is 5.32 Å². The molecule has 0 saturated heterocycles. The van der Waals surface area contributed by atoms with Crippen LogP contribution >= 0.6 is 0 Å². The molecule has 0 aliphatic heterocycles. The number of aromatic carboxylic acids is 1. The molecule has 3 aromatic carbocycles. The molecular formula is C27H21NO4. The van der Waals surface area contributed by atoms with E-state index in [2.05, 4.69) is 11.2 Å². The summed E-state index contributed by atoms with van der Waals surface area (Å²) < 4.78 is 6.23. The minimum absolute atomic E-state index is 0.157. The van der Waals surface area contributed by atoms with Gasteiger partial charge in [-0.05, 0) is 49.7 Å². The van der Waals surface area contributed by atoms with Gasteiger partial charge in [0, 0.05) is 28.4 Å². The molecule has 0 amide bonds. The van der Waals surface area contributed by atoms with Gasteiger partial charge in [0.15, 0.2) is 5.43 Å². The van der Waals surface area contributed by atoms with Gasteiger partial charge < -0.3 is 14.8 Å². The molecule has 1 atom stereocenters. The average Bonchev–Trinajstić information content (AvgIpc) is 2.79. The minimum Gasteiger partial charge on any atom is -0.478 e. The molecule has 0 spiro atoms. The number of hydrogen-bond donors (Lipinski definition) is 2. The fraction of sp³-hybridized carbons (Fsp3) is 0.111. The van der Waals surface area contributed by atoms with E-state index in [-0.39, 0.29) is 17.0 Å². The lowest BCUT2D eigenvalue weighted by atomic mass is 10.00. The number of carboxylic acid groups (broad SMARTS) is 1. The summed E-state index contributed by atoms with van der Waals surface area (Å²) in [6.07, 6.45) is 5.51. The zero-order valence-electron chi connectivity index (χ0n) is 17.7. The van der Waals surface area contributed by atoms with Gasteiger partial charge in [0.05, 0.1) is 17.0 Å². The molecule has 0 aliphatic rings. The van der Waals surface area contributed by atoms with Crippen molar-refractivity contribution >= 4 is 22.6 Å². The van der Waals surface area contributed by atoms with Gasteiger partial charge in [-0.2, -0.15) is 0 Å². The summed E-state index contributed by atoms with van der Waals surface area (Å²) in [6.45, 7) is 3.81. The topological polar surface area (TPSA) is 79.5 Å². The molecule has 1 aromatic heterocycles. The van der Waals surface area contributed by atoms with Gasteiger partial charge in [-0.25, -0.2) is 4.79 Å². The van der Waals surface area contributed by atoms with E-state index in [1.165, 1.54) is 6.07 Å². The Morgan fingerprint density at radius 1 is 1.09 bits per heavy atom. The fourth-order valence-corrected chi connectivity index (χ4v) is 3.77. The van der Waals surface area contributed by atoms with Crippen molar-refractivity contribution in [3.63, 3.8) is 0 Å². The van der Waals surface area contributed by atoms with E-state index in [4.69, 9.17) is 10.8 Å². The lowest BCUT2D eigenvalue weighted by Gasteiger charge is -2.19. The Kier molecular flexibility index (Phi) is 5.53. The van der Waals surface area contributed by atoms with Crippen molar-refractivity contribution < 1.29 is 14.3 Å². The molecule has 5 heteroatoms. The average molecular weight is 423 g/mol. The second kappa shape index (κ2) is 8.44. The summed E-state index contributed by atoms with van der Waals surface area (Å²) >= 11 is 0. The summed E-state index contributed by atoms with van der Waals surface area (Å²) in [6, 6.07) is 18.8. The number of carbonyl (C=O) groups is 1. The van der Waals surface area contributed by atoms with E-state index < -0.39 is 5.97 Å². The number of benzene rings is 3. The molecule has 0 bridgehead atoms. The third kappa shape index (κ3) is 3.99. The first kappa shape index (κ1) is 21.0. The monoisotopic (exact) mass is 423 g/mol. The number of rotatable bonds is 5. The van der Waals surface area contributed by atoms with Gasteiger partial charge in [-0.3, -0.25) is 4.79 Å². The normalized spacial score (nSPS) is 11.7. The Bertz CT molecular complexity index is 1440. The van der Waals surface area contributed by atoms with E-state index in [1.807, 2.05) is 38.1 Å². The molecular weight excluding hydrogens is 402 g/mol. The van der Waals surface area contributed by atoms with Gasteiger partial charge in [0.25, 0.3) is 0 Å². The Balaban J connectivity index is 1.86. The zero-order valence-corrected chi connectivity index (χ0v) is 17.7. The molecule has 4 aromatic rings. The predicted octanol–water partition coefficient (Wildman–Crippen LogP) is 5.62. The van der Waals surface area contributed by atoms with Crippen LogP contribution in [0.15, 0.2) is 75.9 Å². The summed E-state index contributed by atoms with van der Waals surface area (Å²) in [5.41, 5.74) is 4.02. The van der Waals surface area contributed by atoms with Crippen LogP contribution in [0.1, 0.15) is 40.0 Å². The predicted molar refractivity (Wildman–Crippen MR) is 126 cm³/mol. The van der Waals surface area contributed by atoms with E-state index in [1.54, 1.807) is 36.4 Å². The molecule has 0 radical (unpaired) electrons. The van der Waals surface area contributed by atoms with Crippen molar-refractivity contribution in [2.24, 2.45) is 0 Å². The number of carboxylic acids is 1. The molecule has 158 valence electrons. The summed E-state index contributed by atoms with van der Waals surface area (Å²) in [4.78, 5) is 24.5. The third-order valence-electron chi connectivity index (χ3n) is 5.31. The summed E-state index contributed by atoms with van der Waals surface area (Å²) in [5, 5.41) is 13.2. The highest BCUT2D eigenvalue weighted by Crippen LogP contribution is 2.31. The molecule has 2 N–H and O–H groups in total. The van der Waals surface area contributed by atoms with Crippen LogP contribution in [0.3, 0.4) is 0 Å². The summed E-state index contributed by atoms with van der Waals surface area (Å²) in [5.74, 6) is 1.99.